The molecule has 0 saturated carbocycles. The number of benzene rings is 1. The van der Waals surface area contributed by atoms with E-state index in [9.17, 15) is 13.7 Å². The molecule has 2 aromatic heterocycles. The number of anilines is 1. The Morgan fingerprint density at radius 1 is 1.29 bits per heavy atom. The molecule has 1 aliphatic carbocycles. The zero-order valence-electron chi connectivity index (χ0n) is 20.2. The summed E-state index contributed by atoms with van der Waals surface area (Å²) in [4.78, 5) is 19.0. The molecule has 0 fully saturated rings. The van der Waals surface area contributed by atoms with Crippen LogP contribution in [0.3, 0.4) is 0 Å². The predicted octanol–water partition coefficient (Wildman–Crippen LogP) is 3.51. The van der Waals surface area contributed by atoms with Crippen LogP contribution in [0.15, 0.2) is 35.5 Å². The number of ether oxygens (including phenoxy) is 1. The molecule has 3 aromatic rings. The van der Waals surface area contributed by atoms with Gasteiger partial charge in [0.25, 0.3) is 5.03 Å². The summed E-state index contributed by atoms with van der Waals surface area (Å²) >= 11 is -1.87. The van der Waals surface area contributed by atoms with Crippen LogP contribution in [0.2, 0.25) is 0 Å². The van der Waals surface area contributed by atoms with Crippen LogP contribution in [0, 0.1) is 5.82 Å². The van der Waals surface area contributed by atoms with Crippen LogP contribution in [0.4, 0.5) is 14.9 Å². The summed E-state index contributed by atoms with van der Waals surface area (Å²) in [6, 6.07) is 5.89. The number of hydrogen-bond donors (Lipinski definition) is 2. The Bertz CT molecular complexity index is 1230. The number of methoxy groups -OCH3 is 1. The second-order valence-electron chi connectivity index (χ2n) is 8.53. The second-order valence-corrected chi connectivity index (χ2v) is 9.69. The molecule has 2 amide bonds. The van der Waals surface area contributed by atoms with Gasteiger partial charge in [-0.2, -0.15) is 0 Å². The molecule has 0 aliphatic heterocycles. The van der Waals surface area contributed by atoms with Crippen LogP contribution in [0.25, 0.3) is 11.1 Å². The third-order valence-electron chi connectivity index (χ3n) is 5.84. The summed E-state index contributed by atoms with van der Waals surface area (Å²) in [7, 11) is 5.38. The normalized spacial score (nSPS) is 13.6. The summed E-state index contributed by atoms with van der Waals surface area (Å²) in [6.07, 6.45) is 3.59. The van der Waals surface area contributed by atoms with Gasteiger partial charge in [0, 0.05) is 37.0 Å². The molecule has 0 spiro atoms. The fourth-order valence-electron chi connectivity index (χ4n) is 4.31. The van der Waals surface area contributed by atoms with Crippen molar-refractivity contribution in [2.24, 2.45) is 0 Å². The number of fused-ring (bicyclic) bond motifs is 1. The number of carbonyl (C=O) groups excluding carboxylic acids is 1. The molecule has 2 heterocycles. The molecule has 0 saturated heterocycles. The first kappa shape index (κ1) is 25.0. The van der Waals surface area contributed by atoms with Crippen LogP contribution in [0.1, 0.15) is 30.2 Å². The monoisotopic (exact) mass is 500 g/mol. The van der Waals surface area contributed by atoms with Gasteiger partial charge in [-0.25, -0.2) is 14.2 Å². The molecule has 2 N–H and O–H groups in total. The van der Waals surface area contributed by atoms with Gasteiger partial charge in [-0.1, -0.05) is 0 Å². The number of carbonyl (C=O) groups is 1. The topological polar surface area (TPSA) is 107 Å². The highest BCUT2D eigenvalue weighted by Crippen LogP contribution is 2.39. The first-order valence-electron chi connectivity index (χ1n) is 11.4. The van der Waals surface area contributed by atoms with E-state index in [1.54, 1.807) is 29.1 Å². The third kappa shape index (κ3) is 5.42. The fourth-order valence-corrected chi connectivity index (χ4v) is 5.05. The minimum Gasteiger partial charge on any atom is -0.586 e. The van der Waals surface area contributed by atoms with E-state index in [4.69, 9.17) is 4.74 Å². The highest BCUT2D eigenvalue weighted by molar-refractivity contribution is 7.90. The maximum atomic E-state index is 14.9. The number of urea groups is 1. The molecule has 0 bridgehead atoms. The molecular formula is C24H29FN6O3S. The summed E-state index contributed by atoms with van der Waals surface area (Å²) in [5, 5.41) is 7.47. The zero-order valence-corrected chi connectivity index (χ0v) is 21.0. The number of hydrogen-bond acceptors (Lipinski definition) is 6. The van der Waals surface area contributed by atoms with Crippen molar-refractivity contribution in [1.82, 2.24) is 24.4 Å². The lowest BCUT2D eigenvalue weighted by Gasteiger charge is -2.17. The van der Waals surface area contributed by atoms with Crippen LogP contribution >= 0.6 is 0 Å². The van der Waals surface area contributed by atoms with Crippen molar-refractivity contribution >= 4 is 23.1 Å². The molecule has 1 aromatic carbocycles. The first-order valence-corrected chi connectivity index (χ1v) is 12.5. The van der Waals surface area contributed by atoms with Crippen molar-refractivity contribution in [2.45, 2.75) is 44.3 Å². The lowest BCUT2D eigenvalue weighted by atomic mass is 9.97. The Labute approximate surface area is 207 Å². The van der Waals surface area contributed by atoms with E-state index >= 15 is 0 Å². The number of nitrogens with one attached hydrogen (secondary N) is 2. The Morgan fingerprint density at radius 2 is 2.06 bits per heavy atom. The summed E-state index contributed by atoms with van der Waals surface area (Å²) in [5.41, 5.74) is 3.90. The van der Waals surface area contributed by atoms with E-state index < -0.39 is 17.4 Å². The lowest BCUT2D eigenvalue weighted by molar-refractivity contribution is 0.256. The van der Waals surface area contributed by atoms with Crippen molar-refractivity contribution < 1.29 is 18.5 Å². The molecule has 35 heavy (non-hydrogen) atoms. The molecule has 4 rings (SSSR count). The van der Waals surface area contributed by atoms with E-state index in [-0.39, 0.29) is 10.8 Å². The number of halogens is 1. The van der Waals surface area contributed by atoms with Crippen molar-refractivity contribution in [3.63, 3.8) is 0 Å². The first-order chi connectivity index (χ1) is 16.8. The van der Waals surface area contributed by atoms with Crippen LogP contribution in [-0.2, 0) is 37.3 Å². The van der Waals surface area contributed by atoms with Gasteiger partial charge in [0.05, 0.1) is 18.5 Å². The number of nitrogens with zero attached hydrogens (tertiary/aromatic N) is 4. The van der Waals surface area contributed by atoms with Gasteiger partial charge in [-0.3, -0.25) is 4.68 Å². The maximum Gasteiger partial charge on any atom is 0.361 e. The van der Waals surface area contributed by atoms with Gasteiger partial charge in [-0.05, 0) is 69.1 Å². The Kier molecular flexibility index (Phi) is 7.58. The van der Waals surface area contributed by atoms with Gasteiger partial charge < -0.3 is 19.5 Å². The maximum absolute atomic E-state index is 14.9. The Hall–Kier alpha value is -3.15. The van der Waals surface area contributed by atoms with Crippen LogP contribution < -0.4 is 14.8 Å². The third-order valence-corrected chi connectivity index (χ3v) is 6.79. The van der Waals surface area contributed by atoms with E-state index in [1.807, 2.05) is 25.9 Å². The lowest BCUT2D eigenvalue weighted by Crippen LogP contribution is -2.35. The van der Waals surface area contributed by atoms with Gasteiger partial charge in [0.1, 0.15) is 17.2 Å². The van der Waals surface area contributed by atoms with Gasteiger partial charge in [0.15, 0.2) is 0 Å². The number of rotatable bonds is 8. The predicted molar refractivity (Wildman–Crippen MR) is 132 cm³/mol. The molecule has 1 unspecified atom stereocenters. The van der Waals surface area contributed by atoms with Crippen LogP contribution in [0.5, 0.6) is 5.88 Å². The second kappa shape index (κ2) is 10.6. The number of amides is 2. The zero-order chi connectivity index (χ0) is 25.1. The highest BCUT2D eigenvalue weighted by Gasteiger charge is 2.27. The van der Waals surface area contributed by atoms with Gasteiger partial charge in [-0.15, -0.1) is 9.82 Å². The van der Waals surface area contributed by atoms with E-state index in [1.165, 1.54) is 13.2 Å². The van der Waals surface area contributed by atoms with E-state index in [0.717, 1.165) is 17.7 Å². The number of aromatic nitrogens is 3. The largest absolute Gasteiger partial charge is 0.586 e. The molecule has 1 atom stereocenters. The average Bonchev–Trinajstić information content (AvgIpc) is 3.48. The van der Waals surface area contributed by atoms with Crippen LogP contribution in [-0.4, -0.2) is 51.5 Å². The average molecular weight is 501 g/mol. The summed E-state index contributed by atoms with van der Waals surface area (Å²) in [5.74, 6) is 0.0660. The highest BCUT2D eigenvalue weighted by atomic mass is 32.2. The van der Waals surface area contributed by atoms with Crippen molar-refractivity contribution in [2.75, 3.05) is 26.5 Å². The molecule has 186 valence electrons. The molecular weight excluding hydrogens is 471 g/mol. The summed E-state index contributed by atoms with van der Waals surface area (Å²) in [6.45, 7) is 3.20. The molecule has 11 heteroatoms. The quantitative estimate of drug-likeness (QED) is 0.459. The minimum absolute atomic E-state index is 0.266. The minimum atomic E-state index is -1.87. The van der Waals surface area contributed by atoms with Crippen molar-refractivity contribution in [3.05, 3.63) is 53.1 Å². The Morgan fingerprint density at radius 3 is 2.77 bits per heavy atom. The van der Waals surface area contributed by atoms with E-state index in [2.05, 4.69) is 20.1 Å². The van der Waals surface area contributed by atoms with E-state index in [0.29, 0.717) is 54.2 Å². The smallest absolute Gasteiger partial charge is 0.361 e. The van der Waals surface area contributed by atoms with Gasteiger partial charge >= 0.3 is 6.03 Å². The molecule has 9 nitrogen and oxygen atoms in total. The number of pyridine rings is 1. The summed E-state index contributed by atoms with van der Waals surface area (Å²) < 4.78 is 37.2. The van der Waals surface area contributed by atoms with Crippen molar-refractivity contribution in [1.29, 1.82) is 0 Å². The SMILES string of the molecule is CCn1nc([S+]([O-])NC(=O)Nc2c(-c3ccnc(OC)c3)cc(F)c3c2CCC3)cc1CN(C)C. The fraction of sp³-hybridized carbons (Fsp3) is 0.375. The Balaban J connectivity index is 1.61. The molecule has 1 aliphatic rings. The van der Waals surface area contributed by atoms with Crippen molar-refractivity contribution in [3.8, 4) is 17.0 Å². The standard InChI is InChI=1S/C24H29FN6O3S/c1-5-31-16(14-30(2)3)12-22(28-31)35(33)29-24(32)27-23-18-8-6-7-17(18)20(25)13-19(23)15-9-10-26-21(11-15)34-4/h9-13H,5-8,14H2,1-4H3,(H2,27,29,32). The van der Waals surface area contributed by atoms with Gasteiger partial charge in [0.2, 0.25) is 5.88 Å². The number of aryl methyl sites for hydroxylation is 1. The molecule has 0 radical (unpaired) electrons.